The van der Waals surface area contributed by atoms with Crippen LogP contribution in [0.25, 0.3) is 16.3 Å². The normalized spacial score (nSPS) is 13.3. The summed E-state index contributed by atoms with van der Waals surface area (Å²) >= 11 is 1.60. The summed E-state index contributed by atoms with van der Waals surface area (Å²) in [6.45, 7) is 3.16. The second-order valence-electron chi connectivity index (χ2n) is 7.27. The Hall–Kier alpha value is -3.39. The highest BCUT2D eigenvalue weighted by molar-refractivity contribution is 7.17. The van der Waals surface area contributed by atoms with Gasteiger partial charge in [-0.25, -0.2) is 9.31 Å². The number of carbonyl (C=O) groups is 1. The van der Waals surface area contributed by atoms with E-state index in [1.807, 2.05) is 64.9 Å². The van der Waals surface area contributed by atoms with Gasteiger partial charge in [0.2, 0.25) is 4.96 Å². The van der Waals surface area contributed by atoms with Crippen molar-refractivity contribution in [2.24, 2.45) is 0 Å². The van der Waals surface area contributed by atoms with Crippen molar-refractivity contribution in [1.29, 1.82) is 0 Å². The molecule has 0 saturated heterocycles. The number of urea groups is 1. The number of thiazole rings is 1. The molecule has 0 fully saturated rings. The van der Waals surface area contributed by atoms with E-state index >= 15 is 0 Å². The Kier molecular flexibility index (Phi) is 4.63. The SMILES string of the molecule is COc1ccc(C)cc1NC(=O)N1CCc2c(sc3nc(-c4ccccc4)nn23)C1. The van der Waals surface area contributed by atoms with E-state index in [-0.39, 0.29) is 6.03 Å². The molecule has 30 heavy (non-hydrogen) atoms. The highest BCUT2D eigenvalue weighted by Gasteiger charge is 2.26. The zero-order valence-electron chi connectivity index (χ0n) is 16.8. The monoisotopic (exact) mass is 419 g/mol. The fourth-order valence-electron chi connectivity index (χ4n) is 3.69. The van der Waals surface area contributed by atoms with Gasteiger partial charge in [0.15, 0.2) is 5.82 Å². The van der Waals surface area contributed by atoms with Crippen molar-refractivity contribution in [2.75, 3.05) is 19.0 Å². The number of carbonyl (C=O) groups excluding carboxylic acids is 1. The van der Waals surface area contributed by atoms with Gasteiger partial charge in [-0.15, -0.1) is 5.10 Å². The summed E-state index contributed by atoms with van der Waals surface area (Å²) in [5.74, 6) is 1.38. The number of aryl methyl sites for hydroxylation is 1. The lowest BCUT2D eigenvalue weighted by molar-refractivity contribution is 0.206. The summed E-state index contributed by atoms with van der Waals surface area (Å²) in [4.78, 5) is 21.4. The van der Waals surface area contributed by atoms with Crippen LogP contribution in [0.3, 0.4) is 0 Å². The average molecular weight is 420 g/mol. The molecule has 0 unspecified atom stereocenters. The van der Waals surface area contributed by atoms with Crippen LogP contribution < -0.4 is 10.1 Å². The molecule has 2 aromatic heterocycles. The van der Waals surface area contributed by atoms with Crippen LogP contribution in [-0.4, -0.2) is 39.2 Å². The Bertz CT molecular complexity index is 1230. The van der Waals surface area contributed by atoms with E-state index in [9.17, 15) is 4.79 Å². The van der Waals surface area contributed by atoms with Gasteiger partial charge in [-0.1, -0.05) is 47.7 Å². The zero-order valence-corrected chi connectivity index (χ0v) is 17.6. The first-order valence-electron chi connectivity index (χ1n) is 9.75. The molecule has 7 nitrogen and oxygen atoms in total. The summed E-state index contributed by atoms with van der Waals surface area (Å²) in [7, 11) is 1.60. The van der Waals surface area contributed by atoms with E-state index in [1.165, 1.54) is 0 Å². The highest BCUT2D eigenvalue weighted by atomic mass is 32.1. The molecule has 1 N–H and O–H groups in total. The topological polar surface area (TPSA) is 71.8 Å². The van der Waals surface area contributed by atoms with Gasteiger partial charge in [0.05, 0.1) is 25.0 Å². The second kappa shape index (κ2) is 7.46. The van der Waals surface area contributed by atoms with E-state index in [0.717, 1.165) is 38.9 Å². The molecule has 0 saturated carbocycles. The van der Waals surface area contributed by atoms with Crippen molar-refractivity contribution in [1.82, 2.24) is 19.5 Å². The van der Waals surface area contributed by atoms with Crippen LogP contribution in [0.4, 0.5) is 10.5 Å². The first-order valence-corrected chi connectivity index (χ1v) is 10.6. The molecule has 1 aliphatic heterocycles. The van der Waals surface area contributed by atoms with Crippen LogP contribution in [0.5, 0.6) is 5.75 Å². The lowest BCUT2D eigenvalue weighted by Gasteiger charge is -2.27. The Morgan fingerprint density at radius 1 is 1.20 bits per heavy atom. The predicted octanol–water partition coefficient (Wildman–Crippen LogP) is 4.37. The maximum absolute atomic E-state index is 12.9. The molecule has 2 amide bonds. The average Bonchev–Trinajstić information content (AvgIpc) is 3.32. The van der Waals surface area contributed by atoms with Gasteiger partial charge in [-0.3, -0.25) is 0 Å². The molecule has 4 aromatic rings. The molecule has 8 heteroatoms. The van der Waals surface area contributed by atoms with Crippen molar-refractivity contribution in [2.45, 2.75) is 19.9 Å². The zero-order chi connectivity index (χ0) is 20.7. The smallest absolute Gasteiger partial charge is 0.322 e. The second-order valence-corrected chi connectivity index (χ2v) is 8.34. The number of amides is 2. The molecule has 0 atom stereocenters. The number of methoxy groups -OCH3 is 1. The number of ether oxygens (including phenoxy) is 1. The van der Waals surface area contributed by atoms with Crippen LogP contribution in [-0.2, 0) is 13.0 Å². The van der Waals surface area contributed by atoms with Gasteiger partial charge in [-0.2, -0.15) is 4.98 Å². The minimum Gasteiger partial charge on any atom is -0.495 e. The number of benzene rings is 2. The molecular weight excluding hydrogens is 398 g/mol. The Morgan fingerprint density at radius 3 is 2.83 bits per heavy atom. The number of hydrogen-bond acceptors (Lipinski definition) is 5. The molecular formula is C22H21N5O2S. The first kappa shape index (κ1) is 18.6. The predicted molar refractivity (Wildman–Crippen MR) is 117 cm³/mol. The maximum atomic E-state index is 12.9. The van der Waals surface area contributed by atoms with Crippen molar-refractivity contribution in [3.8, 4) is 17.1 Å². The van der Waals surface area contributed by atoms with Gasteiger partial charge in [0, 0.05) is 23.4 Å². The Labute approximate surface area is 177 Å². The molecule has 0 radical (unpaired) electrons. The first-order chi connectivity index (χ1) is 14.6. The number of aromatic nitrogens is 3. The molecule has 0 bridgehead atoms. The van der Waals surface area contributed by atoms with E-state index in [2.05, 4.69) is 5.32 Å². The quantitative estimate of drug-likeness (QED) is 0.535. The minimum atomic E-state index is -0.131. The third-order valence-corrected chi connectivity index (χ3v) is 6.30. The third kappa shape index (κ3) is 3.29. The van der Waals surface area contributed by atoms with Crippen molar-refractivity contribution >= 4 is 28.0 Å². The van der Waals surface area contributed by atoms with Gasteiger partial charge >= 0.3 is 6.03 Å². The number of nitrogens with zero attached hydrogens (tertiary/aromatic N) is 4. The van der Waals surface area contributed by atoms with E-state index in [4.69, 9.17) is 14.8 Å². The maximum Gasteiger partial charge on any atom is 0.322 e. The lowest BCUT2D eigenvalue weighted by atomic mass is 10.2. The fourth-order valence-corrected chi connectivity index (χ4v) is 4.80. The molecule has 0 spiro atoms. The van der Waals surface area contributed by atoms with Crippen LogP contribution in [0, 0.1) is 6.92 Å². The van der Waals surface area contributed by atoms with Gasteiger partial charge in [0.1, 0.15) is 5.75 Å². The van der Waals surface area contributed by atoms with Gasteiger partial charge in [0.25, 0.3) is 0 Å². The third-order valence-electron chi connectivity index (χ3n) is 5.24. The number of anilines is 1. The fraction of sp³-hybridized carbons (Fsp3) is 0.227. The standard InChI is InChI=1S/C22H21N5O2S/c1-14-8-9-18(29-2)16(12-14)23-21(28)26-11-10-17-19(13-26)30-22-24-20(25-27(17)22)15-6-4-3-5-7-15/h3-9,12H,10-11,13H2,1-2H3,(H,23,28). The number of fused-ring (bicyclic) bond motifs is 3. The van der Waals surface area contributed by atoms with Crippen LogP contribution in [0.15, 0.2) is 48.5 Å². The Morgan fingerprint density at radius 2 is 2.03 bits per heavy atom. The van der Waals surface area contributed by atoms with Crippen LogP contribution in [0.1, 0.15) is 16.1 Å². The molecule has 2 aromatic carbocycles. The van der Waals surface area contributed by atoms with Crippen molar-refractivity contribution in [3.05, 3.63) is 64.7 Å². The lowest BCUT2D eigenvalue weighted by Crippen LogP contribution is -2.38. The Balaban J connectivity index is 1.36. The molecule has 3 heterocycles. The summed E-state index contributed by atoms with van der Waals surface area (Å²) < 4.78 is 7.30. The van der Waals surface area contributed by atoms with E-state index in [1.54, 1.807) is 18.4 Å². The molecule has 5 rings (SSSR count). The van der Waals surface area contributed by atoms with Crippen molar-refractivity contribution < 1.29 is 9.53 Å². The van der Waals surface area contributed by atoms with Crippen LogP contribution >= 0.6 is 11.3 Å². The van der Waals surface area contributed by atoms with Crippen molar-refractivity contribution in [3.63, 3.8) is 0 Å². The molecule has 1 aliphatic rings. The van der Waals surface area contributed by atoms with Gasteiger partial charge < -0.3 is 15.0 Å². The molecule has 0 aliphatic carbocycles. The van der Waals surface area contributed by atoms with E-state index in [0.29, 0.717) is 24.5 Å². The summed E-state index contributed by atoms with van der Waals surface area (Å²) in [5.41, 5.74) is 3.89. The number of rotatable bonds is 3. The van der Waals surface area contributed by atoms with Gasteiger partial charge in [-0.05, 0) is 24.6 Å². The number of hydrogen-bond donors (Lipinski definition) is 1. The summed E-state index contributed by atoms with van der Waals surface area (Å²) in [5, 5.41) is 7.70. The largest absolute Gasteiger partial charge is 0.495 e. The summed E-state index contributed by atoms with van der Waals surface area (Å²) in [6, 6.07) is 15.6. The summed E-state index contributed by atoms with van der Waals surface area (Å²) in [6.07, 6.45) is 0.741. The molecule has 152 valence electrons. The highest BCUT2D eigenvalue weighted by Crippen LogP contribution is 2.31. The van der Waals surface area contributed by atoms with Crippen LogP contribution in [0.2, 0.25) is 0 Å². The minimum absolute atomic E-state index is 0.131. The number of nitrogens with one attached hydrogen (secondary N) is 1. The van der Waals surface area contributed by atoms with E-state index < -0.39 is 0 Å².